The van der Waals surface area contributed by atoms with E-state index in [1.54, 1.807) is 0 Å². The van der Waals surface area contributed by atoms with Crippen molar-refractivity contribution in [3.05, 3.63) is 29.6 Å². The van der Waals surface area contributed by atoms with E-state index >= 15 is 0 Å². The molecule has 1 aromatic carbocycles. The molecule has 1 saturated carbocycles. The van der Waals surface area contributed by atoms with Gasteiger partial charge in [0, 0.05) is 6.54 Å². The third kappa shape index (κ3) is 3.69. The van der Waals surface area contributed by atoms with Crippen molar-refractivity contribution in [2.45, 2.75) is 25.7 Å². The number of halogens is 1. The summed E-state index contributed by atoms with van der Waals surface area (Å²) in [5.41, 5.74) is -0.182. The first kappa shape index (κ1) is 14.3. The fourth-order valence-electron chi connectivity index (χ4n) is 2.37. The molecule has 5 nitrogen and oxygen atoms in total. The number of benzene rings is 1. The summed E-state index contributed by atoms with van der Waals surface area (Å²) in [6, 6.07) is 2.90. The van der Waals surface area contributed by atoms with Gasteiger partial charge in [-0.05, 0) is 37.0 Å². The van der Waals surface area contributed by atoms with Crippen LogP contribution in [-0.4, -0.2) is 23.7 Å². The molecule has 2 amide bonds. The number of hydrogen-bond acceptors (Lipinski definition) is 2. The summed E-state index contributed by atoms with van der Waals surface area (Å²) in [6.07, 6.45) is 4.61. The van der Waals surface area contributed by atoms with Crippen LogP contribution in [-0.2, 0) is 0 Å². The minimum Gasteiger partial charge on any atom is -0.478 e. The molecule has 0 radical (unpaired) electrons. The van der Waals surface area contributed by atoms with Crippen LogP contribution in [0.1, 0.15) is 36.0 Å². The highest BCUT2D eigenvalue weighted by atomic mass is 19.1. The molecule has 0 aromatic heterocycles. The molecule has 1 aromatic rings. The van der Waals surface area contributed by atoms with E-state index in [0.29, 0.717) is 12.5 Å². The van der Waals surface area contributed by atoms with Crippen LogP contribution < -0.4 is 10.6 Å². The molecule has 0 saturated heterocycles. The Morgan fingerprint density at radius 3 is 2.60 bits per heavy atom. The summed E-state index contributed by atoms with van der Waals surface area (Å²) in [4.78, 5) is 22.3. The average Bonchev–Trinajstić information content (AvgIpc) is 2.91. The van der Waals surface area contributed by atoms with Crippen molar-refractivity contribution in [3.8, 4) is 0 Å². The second kappa shape index (κ2) is 6.36. The standard InChI is InChI=1S/C14H17FN2O3/c15-11-7-10(13(18)19)5-6-12(11)17-14(20)16-8-9-3-1-2-4-9/h5-7,9H,1-4,8H2,(H,18,19)(H2,16,17,20). The van der Waals surface area contributed by atoms with E-state index in [9.17, 15) is 14.0 Å². The third-order valence-corrected chi connectivity index (χ3v) is 3.49. The number of nitrogens with one attached hydrogen (secondary N) is 2. The monoisotopic (exact) mass is 280 g/mol. The van der Waals surface area contributed by atoms with Crippen LogP contribution in [0.3, 0.4) is 0 Å². The first-order chi connectivity index (χ1) is 9.56. The summed E-state index contributed by atoms with van der Waals surface area (Å²) in [5.74, 6) is -1.47. The van der Waals surface area contributed by atoms with Crippen LogP contribution in [0.15, 0.2) is 18.2 Å². The molecular formula is C14H17FN2O3. The Bertz CT molecular complexity index is 513. The van der Waals surface area contributed by atoms with Crippen molar-refractivity contribution in [1.82, 2.24) is 5.32 Å². The van der Waals surface area contributed by atoms with Gasteiger partial charge in [0.25, 0.3) is 0 Å². The summed E-state index contributed by atoms with van der Waals surface area (Å²) < 4.78 is 13.6. The van der Waals surface area contributed by atoms with Gasteiger partial charge in [-0.1, -0.05) is 12.8 Å². The van der Waals surface area contributed by atoms with Crippen molar-refractivity contribution in [2.24, 2.45) is 5.92 Å². The number of hydrogen-bond donors (Lipinski definition) is 3. The van der Waals surface area contributed by atoms with Gasteiger partial charge >= 0.3 is 12.0 Å². The lowest BCUT2D eigenvalue weighted by Crippen LogP contribution is -2.32. The number of carboxylic acid groups (broad SMARTS) is 1. The molecule has 0 spiro atoms. The largest absolute Gasteiger partial charge is 0.478 e. The van der Waals surface area contributed by atoms with E-state index < -0.39 is 17.8 Å². The number of amides is 2. The third-order valence-electron chi connectivity index (χ3n) is 3.49. The number of anilines is 1. The summed E-state index contributed by atoms with van der Waals surface area (Å²) in [6.45, 7) is 0.584. The van der Waals surface area contributed by atoms with Gasteiger partial charge in [-0.3, -0.25) is 0 Å². The first-order valence-electron chi connectivity index (χ1n) is 6.64. The lowest BCUT2D eigenvalue weighted by atomic mass is 10.1. The molecule has 0 unspecified atom stereocenters. The highest BCUT2D eigenvalue weighted by Crippen LogP contribution is 2.23. The number of carbonyl (C=O) groups is 2. The van der Waals surface area contributed by atoms with E-state index in [0.717, 1.165) is 18.9 Å². The zero-order chi connectivity index (χ0) is 14.5. The van der Waals surface area contributed by atoms with E-state index in [4.69, 9.17) is 5.11 Å². The number of carboxylic acids is 1. The Morgan fingerprint density at radius 2 is 2.00 bits per heavy atom. The Labute approximate surface area is 116 Å². The van der Waals surface area contributed by atoms with Crippen LogP contribution in [0, 0.1) is 11.7 Å². The summed E-state index contributed by atoms with van der Waals surface area (Å²) in [7, 11) is 0. The molecule has 3 N–H and O–H groups in total. The molecule has 0 bridgehead atoms. The zero-order valence-corrected chi connectivity index (χ0v) is 11.0. The first-order valence-corrected chi connectivity index (χ1v) is 6.64. The molecule has 1 aliphatic carbocycles. The van der Waals surface area contributed by atoms with Gasteiger partial charge in [0.2, 0.25) is 0 Å². The van der Waals surface area contributed by atoms with Crippen LogP contribution in [0.25, 0.3) is 0 Å². The Kier molecular flexibility index (Phi) is 4.55. The number of rotatable bonds is 4. The summed E-state index contributed by atoms with van der Waals surface area (Å²) >= 11 is 0. The molecule has 0 heterocycles. The smallest absolute Gasteiger partial charge is 0.335 e. The van der Waals surface area contributed by atoms with Gasteiger partial charge in [0.1, 0.15) is 5.82 Å². The molecule has 1 fully saturated rings. The fraction of sp³-hybridized carbons (Fsp3) is 0.429. The predicted molar refractivity (Wildman–Crippen MR) is 72.3 cm³/mol. The lowest BCUT2D eigenvalue weighted by molar-refractivity contribution is 0.0696. The van der Waals surface area contributed by atoms with Crippen molar-refractivity contribution in [2.75, 3.05) is 11.9 Å². The van der Waals surface area contributed by atoms with Crippen molar-refractivity contribution >= 4 is 17.7 Å². The van der Waals surface area contributed by atoms with Crippen molar-refractivity contribution in [3.63, 3.8) is 0 Å². The Balaban J connectivity index is 1.88. The van der Waals surface area contributed by atoms with Crippen LogP contribution >= 0.6 is 0 Å². The van der Waals surface area contributed by atoms with E-state index in [1.165, 1.54) is 25.0 Å². The number of urea groups is 1. The van der Waals surface area contributed by atoms with Crippen molar-refractivity contribution in [1.29, 1.82) is 0 Å². The lowest BCUT2D eigenvalue weighted by Gasteiger charge is -2.12. The topological polar surface area (TPSA) is 78.4 Å². The van der Waals surface area contributed by atoms with Gasteiger partial charge in [-0.2, -0.15) is 0 Å². The quantitative estimate of drug-likeness (QED) is 0.793. The van der Waals surface area contributed by atoms with E-state index in [1.807, 2.05) is 0 Å². The molecule has 108 valence electrons. The van der Waals surface area contributed by atoms with Gasteiger partial charge < -0.3 is 15.7 Å². The number of carbonyl (C=O) groups excluding carboxylic acids is 1. The summed E-state index contributed by atoms with van der Waals surface area (Å²) in [5, 5.41) is 13.8. The Hall–Kier alpha value is -2.11. The van der Waals surface area contributed by atoms with Gasteiger partial charge in [0.05, 0.1) is 11.3 Å². The molecular weight excluding hydrogens is 263 g/mol. The molecule has 0 aliphatic heterocycles. The van der Waals surface area contributed by atoms with Crippen LogP contribution in [0.5, 0.6) is 0 Å². The van der Waals surface area contributed by atoms with E-state index in [2.05, 4.69) is 10.6 Å². The second-order valence-corrected chi connectivity index (χ2v) is 4.99. The molecule has 1 aliphatic rings. The molecule has 0 atom stereocenters. The molecule has 2 rings (SSSR count). The highest BCUT2D eigenvalue weighted by Gasteiger charge is 2.16. The van der Waals surface area contributed by atoms with Gasteiger partial charge in [0.15, 0.2) is 0 Å². The highest BCUT2D eigenvalue weighted by molar-refractivity contribution is 5.91. The minimum absolute atomic E-state index is 0.0288. The minimum atomic E-state index is -1.21. The van der Waals surface area contributed by atoms with Gasteiger partial charge in [-0.15, -0.1) is 0 Å². The van der Waals surface area contributed by atoms with E-state index in [-0.39, 0.29) is 11.3 Å². The zero-order valence-electron chi connectivity index (χ0n) is 11.0. The van der Waals surface area contributed by atoms with Crippen LogP contribution in [0.4, 0.5) is 14.9 Å². The van der Waals surface area contributed by atoms with Crippen LogP contribution in [0.2, 0.25) is 0 Å². The second-order valence-electron chi connectivity index (χ2n) is 4.99. The molecule has 6 heteroatoms. The SMILES string of the molecule is O=C(NCC1CCCC1)Nc1ccc(C(=O)O)cc1F. The van der Waals surface area contributed by atoms with Gasteiger partial charge in [-0.25, -0.2) is 14.0 Å². The maximum absolute atomic E-state index is 13.6. The molecule has 20 heavy (non-hydrogen) atoms. The normalized spacial score (nSPS) is 15.1. The average molecular weight is 280 g/mol. The fourth-order valence-corrected chi connectivity index (χ4v) is 2.37. The maximum Gasteiger partial charge on any atom is 0.335 e. The number of aromatic carboxylic acids is 1. The maximum atomic E-state index is 13.6. The Morgan fingerprint density at radius 1 is 1.30 bits per heavy atom. The van der Waals surface area contributed by atoms with Crippen molar-refractivity contribution < 1.29 is 19.1 Å². The predicted octanol–water partition coefficient (Wildman–Crippen LogP) is 2.84.